The first-order valence-corrected chi connectivity index (χ1v) is 5.44. The van der Waals surface area contributed by atoms with Gasteiger partial charge >= 0.3 is 10.2 Å². The zero-order chi connectivity index (χ0) is 9.90. The summed E-state index contributed by atoms with van der Waals surface area (Å²) in [5, 5.41) is 0.272. The second-order valence-electron chi connectivity index (χ2n) is 2.44. The standard InChI is InChI=1S/C7H7ClFNO2S/c8-7-3-1-2-6(10-7)4-5-13(9,11)12/h1-3H,4-5H2. The van der Waals surface area contributed by atoms with Crippen molar-refractivity contribution in [2.75, 3.05) is 5.75 Å². The van der Waals surface area contributed by atoms with Crippen LogP contribution in [0.3, 0.4) is 0 Å². The molecule has 6 heteroatoms. The normalized spacial score (nSPS) is 11.5. The van der Waals surface area contributed by atoms with Crippen molar-refractivity contribution in [3.8, 4) is 0 Å². The zero-order valence-electron chi connectivity index (χ0n) is 6.57. The van der Waals surface area contributed by atoms with Gasteiger partial charge < -0.3 is 0 Å². The molecule has 0 aliphatic carbocycles. The van der Waals surface area contributed by atoms with Crippen molar-refractivity contribution >= 4 is 21.8 Å². The Kier molecular flexibility index (Phi) is 3.22. The predicted octanol–water partition coefficient (Wildman–Crippen LogP) is 1.58. The van der Waals surface area contributed by atoms with Crippen molar-refractivity contribution in [1.29, 1.82) is 0 Å². The first kappa shape index (κ1) is 10.4. The van der Waals surface area contributed by atoms with Crippen LogP contribution in [0.5, 0.6) is 0 Å². The molecule has 13 heavy (non-hydrogen) atoms. The van der Waals surface area contributed by atoms with Crippen LogP contribution in [-0.2, 0) is 16.6 Å². The molecule has 0 aliphatic rings. The maximum Gasteiger partial charge on any atom is 0.302 e. The van der Waals surface area contributed by atoms with Crippen molar-refractivity contribution in [3.63, 3.8) is 0 Å². The molecule has 0 unspecified atom stereocenters. The Balaban J connectivity index is 2.65. The number of aromatic nitrogens is 1. The number of aryl methyl sites for hydroxylation is 1. The van der Waals surface area contributed by atoms with Crippen molar-refractivity contribution in [3.05, 3.63) is 29.0 Å². The molecule has 72 valence electrons. The van der Waals surface area contributed by atoms with E-state index in [2.05, 4.69) is 4.98 Å². The van der Waals surface area contributed by atoms with Crippen LogP contribution in [0, 0.1) is 0 Å². The lowest BCUT2D eigenvalue weighted by Crippen LogP contribution is -2.03. The van der Waals surface area contributed by atoms with Gasteiger partial charge in [-0.2, -0.15) is 8.42 Å². The summed E-state index contributed by atoms with van der Waals surface area (Å²) >= 11 is 5.54. The van der Waals surface area contributed by atoms with E-state index in [0.29, 0.717) is 5.69 Å². The van der Waals surface area contributed by atoms with Crippen LogP contribution in [0.2, 0.25) is 5.15 Å². The summed E-state index contributed by atoms with van der Waals surface area (Å²) < 4.78 is 32.4. The topological polar surface area (TPSA) is 47.0 Å². The molecule has 0 aliphatic heterocycles. The van der Waals surface area contributed by atoms with E-state index in [1.54, 1.807) is 18.2 Å². The van der Waals surface area contributed by atoms with E-state index < -0.39 is 16.0 Å². The third-order valence-electron chi connectivity index (χ3n) is 1.37. The van der Waals surface area contributed by atoms with E-state index >= 15 is 0 Å². The zero-order valence-corrected chi connectivity index (χ0v) is 8.15. The first-order chi connectivity index (χ1) is 5.97. The molecule has 0 amide bonds. The molecule has 0 radical (unpaired) electrons. The molecule has 0 N–H and O–H groups in total. The van der Waals surface area contributed by atoms with Crippen LogP contribution >= 0.6 is 11.6 Å². The van der Waals surface area contributed by atoms with Gasteiger partial charge in [0.25, 0.3) is 0 Å². The van der Waals surface area contributed by atoms with Crippen LogP contribution in [-0.4, -0.2) is 19.2 Å². The minimum Gasteiger partial charge on any atom is -0.241 e. The molecule has 3 nitrogen and oxygen atoms in total. The fraction of sp³-hybridized carbons (Fsp3) is 0.286. The molecule has 0 spiro atoms. The van der Waals surface area contributed by atoms with Crippen LogP contribution < -0.4 is 0 Å². The lowest BCUT2D eigenvalue weighted by Gasteiger charge is -1.97. The van der Waals surface area contributed by atoms with E-state index in [0.717, 1.165) is 0 Å². The fourth-order valence-electron chi connectivity index (χ4n) is 0.816. The largest absolute Gasteiger partial charge is 0.302 e. The lowest BCUT2D eigenvalue weighted by molar-refractivity contribution is 0.551. The lowest BCUT2D eigenvalue weighted by atomic mass is 10.3. The van der Waals surface area contributed by atoms with Gasteiger partial charge in [-0.05, 0) is 12.1 Å². The van der Waals surface area contributed by atoms with E-state index in [-0.39, 0.29) is 11.6 Å². The molecule has 1 aromatic rings. The average molecular weight is 224 g/mol. The van der Waals surface area contributed by atoms with Gasteiger partial charge in [0.1, 0.15) is 5.15 Å². The highest BCUT2D eigenvalue weighted by molar-refractivity contribution is 7.86. The number of pyridine rings is 1. The van der Waals surface area contributed by atoms with E-state index in [1.165, 1.54) is 0 Å². The van der Waals surface area contributed by atoms with Crippen LogP contribution in [0.4, 0.5) is 3.89 Å². The molecular formula is C7H7ClFNO2S. The SMILES string of the molecule is O=S(=O)(F)CCc1cccc(Cl)n1. The van der Waals surface area contributed by atoms with Crippen LogP contribution in [0.25, 0.3) is 0 Å². The van der Waals surface area contributed by atoms with Gasteiger partial charge in [-0.25, -0.2) is 4.98 Å². The first-order valence-electron chi connectivity index (χ1n) is 3.51. The molecule has 1 aromatic heterocycles. The minimum absolute atomic E-state index is 0.0411. The summed E-state index contributed by atoms with van der Waals surface area (Å²) in [6.07, 6.45) is 0.0411. The monoisotopic (exact) mass is 223 g/mol. The molecule has 0 saturated heterocycles. The summed E-state index contributed by atoms with van der Waals surface area (Å²) in [6, 6.07) is 4.79. The fourth-order valence-corrected chi connectivity index (χ4v) is 1.45. The van der Waals surface area contributed by atoms with E-state index in [4.69, 9.17) is 11.6 Å². The van der Waals surface area contributed by atoms with Crippen molar-refractivity contribution < 1.29 is 12.3 Å². The summed E-state index contributed by atoms with van der Waals surface area (Å²) in [7, 11) is -4.42. The van der Waals surface area contributed by atoms with Gasteiger partial charge in [0.05, 0.1) is 5.75 Å². The number of rotatable bonds is 3. The van der Waals surface area contributed by atoms with Crippen LogP contribution in [0.15, 0.2) is 18.2 Å². The second kappa shape index (κ2) is 4.02. The molecule has 0 bridgehead atoms. The number of hydrogen-bond acceptors (Lipinski definition) is 3. The Labute approximate surface area is 80.8 Å². The summed E-state index contributed by atoms with van der Waals surface area (Å²) in [5.41, 5.74) is 0.466. The number of halogens is 2. The Morgan fingerprint density at radius 3 is 2.69 bits per heavy atom. The van der Waals surface area contributed by atoms with Crippen LogP contribution in [0.1, 0.15) is 5.69 Å². The molecule has 0 aromatic carbocycles. The van der Waals surface area contributed by atoms with Crippen molar-refractivity contribution in [2.24, 2.45) is 0 Å². The van der Waals surface area contributed by atoms with Crippen molar-refractivity contribution in [1.82, 2.24) is 4.98 Å². The molecule has 0 saturated carbocycles. The van der Waals surface area contributed by atoms with Gasteiger partial charge in [0.2, 0.25) is 0 Å². The maximum atomic E-state index is 12.1. The Morgan fingerprint density at radius 1 is 1.46 bits per heavy atom. The number of nitrogens with zero attached hydrogens (tertiary/aromatic N) is 1. The average Bonchev–Trinajstić information content (AvgIpc) is 2.00. The molecular weight excluding hydrogens is 217 g/mol. The van der Waals surface area contributed by atoms with Gasteiger partial charge in [0, 0.05) is 12.1 Å². The molecule has 0 atom stereocenters. The third kappa shape index (κ3) is 4.19. The highest BCUT2D eigenvalue weighted by Crippen LogP contribution is 2.06. The van der Waals surface area contributed by atoms with E-state index in [1.807, 2.05) is 0 Å². The summed E-state index contributed by atoms with van der Waals surface area (Å²) in [5.74, 6) is -0.555. The quantitative estimate of drug-likeness (QED) is 0.577. The number of hydrogen-bond donors (Lipinski definition) is 0. The molecule has 0 fully saturated rings. The van der Waals surface area contributed by atoms with Gasteiger partial charge in [-0.15, -0.1) is 3.89 Å². The van der Waals surface area contributed by atoms with Crippen molar-refractivity contribution in [2.45, 2.75) is 6.42 Å². The highest BCUT2D eigenvalue weighted by Gasteiger charge is 2.07. The highest BCUT2D eigenvalue weighted by atomic mass is 35.5. The maximum absolute atomic E-state index is 12.1. The predicted molar refractivity (Wildman–Crippen MR) is 47.8 cm³/mol. The Hall–Kier alpha value is -0.680. The van der Waals surface area contributed by atoms with Gasteiger partial charge in [-0.1, -0.05) is 17.7 Å². The van der Waals surface area contributed by atoms with Gasteiger partial charge in [0.15, 0.2) is 0 Å². The Bertz CT molecular complexity index is 393. The molecule has 1 heterocycles. The smallest absolute Gasteiger partial charge is 0.241 e. The van der Waals surface area contributed by atoms with Gasteiger partial charge in [-0.3, -0.25) is 0 Å². The minimum atomic E-state index is -4.42. The third-order valence-corrected chi connectivity index (χ3v) is 2.28. The second-order valence-corrected chi connectivity index (χ2v) is 4.32. The summed E-state index contributed by atoms with van der Waals surface area (Å²) in [6.45, 7) is 0. The summed E-state index contributed by atoms with van der Waals surface area (Å²) in [4.78, 5) is 3.81. The Morgan fingerprint density at radius 2 is 2.15 bits per heavy atom. The van der Waals surface area contributed by atoms with E-state index in [9.17, 15) is 12.3 Å². The molecule has 1 rings (SSSR count).